The molecular formula is C22H46. The summed E-state index contributed by atoms with van der Waals surface area (Å²) in [5, 5.41) is 0. The van der Waals surface area contributed by atoms with Gasteiger partial charge in [0.2, 0.25) is 0 Å². The molecule has 0 aliphatic carbocycles. The minimum Gasteiger partial charge on any atom is -0.0602 e. The summed E-state index contributed by atoms with van der Waals surface area (Å²) in [5.74, 6) is 0.965. The van der Waals surface area contributed by atoms with Gasteiger partial charge in [0.15, 0.2) is 0 Å². The lowest BCUT2D eigenvalue weighted by atomic mass is 9.81. The van der Waals surface area contributed by atoms with Crippen molar-refractivity contribution in [2.75, 3.05) is 0 Å². The van der Waals surface area contributed by atoms with Crippen LogP contribution >= 0.6 is 0 Å². The van der Waals surface area contributed by atoms with Crippen LogP contribution in [0.3, 0.4) is 0 Å². The van der Waals surface area contributed by atoms with Crippen molar-refractivity contribution in [3.8, 4) is 0 Å². The van der Waals surface area contributed by atoms with Crippen LogP contribution in [0, 0.1) is 22.2 Å². The Morgan fingerprint density at radius 3 is 0.864 bits per heavy atom. The first kappa shape index (κ1) is 22.0. The summed E-state index contributed by atoms with van der Waals surface area (Å²) in [6.07, 6.45) is 12.7. The normalized spacial score (nSPS) is 13.9. The second-order valence-electron chi connectivity index (χ2n) is 11.2. The Labute approximate surface area is 142 Å². The van der Waals surface area contributed by atoms with Gasteiger partial charge in [0.25, 0.3) is 0 Å². The minimum atomic E-state index is 0.501. The van der Waals surface area contributed by atoms with E-state index in [4.69, 9.17) is 0 Å². The lowest BCUT2D eigenvalue weighted by Gasteiger charge is -2.24. The van der Waals surface area contributed by atoms with Crippen molar-refractivity contribution in [1.29, 1.82) is 0 Å². The molecule has 0 saturated carbocycles. The first-order valence-electron chi connectivity index (χ1n) is 9.79. The maximum absolute atomic E-state index is 2.38. The quantitative estimate of drug-likeness (QED) is 0.402. The van der Waals surface area contributed by atoms with Crippen molar-refractivity contribution in [2.24, 2.45) is 22.2 Å². The molecule has 0 heteroatoms. The molecule has 0 aromatic carbocycles. The Balaban J connectivity index is 4.19. The fourth-order valence-electron chi connectivity index (χ4n) is 3.20. The third-order valence-electron chi connectivity index (χ3n) is 4.62. The topological polar surface area (TPSA) is 0 Å². The van der Waals surface area contributed by atoms with E-state index in [-0.39, 0.29) is 0 Å². The SMILES string of the molecule is CC(C)(C)CCCC(CCCC(C)(C)C)CCCC(C)(C)C. The standard InChI is InChI=1S/C22H46/c1-20(2,3)16-10-13-19(14-11-17-21(4,5)6)15-12-18-22(7,8)9/h19H,10-18H2,1-9H3. The molecule has 0 atom stereocenters. The minimum absolute atomic E-state index is 0.501. The average Bonchev–Trinajstić information content (AvgIpc) is 2.23. The molecule has 22 heavy (non-hydrogen) atoms. The predicted molar refractivity (Wildman–Crippen MR) is 103 cm³/mol. The predicted octanol–water partition coefficient (Wildman–Crippen LogP) is 8.25. The zero-order valence-corrected chi connectivity index (χ0v) is 17.4. The van der Waals surface area contributed by atoms with E-state index in [2.05, 4.69) is 62.3 Å². The maximum Gasteiger partial charge on any atom is -0.0383 e. The van der Waals surface area contributed by atoms with Gasteiger partial charge in [-0.2, -0.15) is 0 Å². The lowest BCUT2D eigenvalue weighted by molar-refractivity contribution is 0.281. The molecule has 0 aromatic heterocycles. The Bertz CT molecular complexity index is 218. The zero-order valence-electron chi connectivity index (χ0n) is 17.4. The fourth-order valence-corrected chi connectivity index (χ4v) is 3.20. The van der Waals surface area contributed by atoms with E-state index < -0.39 is 0 Å². The molecule has 0 aromatic rings. The summed E-state index contributed by atoms with van der Waals surface area (Å²) in [6, 6.07) is 0. The molecular weight excluding hydrogens is 264 g/mol. The molecule has 0 spiro atoms. The fraction of sp³-hybridized carbons (Fsp3) is 1.00. The summed E-state index contributed by atoms with van der Waals surface area (Å²) in [7, 11) is 0. The van der Waals surface area contributed by atoms with Crippen molar-refractivity contribution in [1.82, 2.24) is 0 Å². The van der Waals surface area contributed by atoms with Gasteiger partial charge in [-0.25, -0.2) is 0 Å². The first-order valence-corrected chi connectivity index (χ1v) is 9.79. The molecule has 0 heterocycles. The largest absolute Gasteiger partial charge is 0.0602 e. The molecule has 0 amide bonds. The van der Waals surface area contributed by atoms with Crippen LogP contribution in [0.4, 0.5) is 0 Å². The van der Waals surface area contributed by atoms with Crippen LogP contribution in [0.15, 0.2) is 0 Å². The Hall–Kier alpha value is 0. The van der Waals surface area contributed by atoms with Gasteiger partial charge in [0.1, 0.15) is 0 Å². The van der Waals surface area contributed by atoms with Gasteiger partial charge in [-0.1, -0.05) is 101 Å². The van der Waals surface area contributed by atoms with Crippen molar-refractivity contribution >= 4 is 0 Å². The smallest absolute Gasteiger partial charge is 0.0383 e. The molecule has 0 radical (unpaired) electrons. The number of rotatable bonds is 9. The summed E-state index contributed by atoms with van der Waals surface area (Å²) in [5.41, 5.74) is 1.50. The van der Waals surface area contributed by atoms with Crippen molar-refractivity contribution in [3.63, 3.8) is 0 Å². The highest BCUT2D eigenvalue weighted by atomic mass is 14.2. The van der Waals surface area contributed by atoms with Gasteiger partial charge in [0.05, 0.1) is 0 Å². The van der Waals surface area contributed by atoms with Crippen molar-refractivity contribution in [2.45, 2.75) is 120 Å². The molecule has 0 nitrogen and oxygen atoms in total. The van der Waals surface area contributed by atoms with Crippen LogP contribution in [-0.2, 0) is 0 Å². The van der Waals surface area contributed by atoms with Crippen LogP contribution in [0.2, 0.25) is 0 Å². The Kier molecular flexibility index (Phi) is 9.33. The summed E-state index contributed by atoms with van der Waals surface area (Å²) in [6.45, 7) is 21.4. The van der Waals surface area contributed by atoms with Crippen molar-refractivity contribution in [3.05, 3.63) is 0 Å². The van der Waals surface area contributed by atoms with E-state index in [0.29, 0.717) is 16.2 Å². The van der Waals surface area contributed by atoms with Gasteiger partial charge < -0.3 is 0 Å². The van der Waals surface area contributed by atoms with E-state index in [1.165, 1.54) is 57.8 Å². The van der Waals surface area contributed by atoms with Gasteiger partial charge in [-0.05, 0) is 41.4 Å². The Morgan fingerprint density at radius 1 is 0.455 bits per heavy atom. The first-order chi connectivity index (χ1) is 9.79. The maximum atomic E-state index is 2.38. The average molecular weight is 311 g/mol. The molecule has 0 rings (SSSR count). The van der Waals surface area contributed by atoms with Crippen LogP contribution < -0.4 is 0 Å². The molecule has 0 bridgehead atoms. The summed E-state index contributed by atoms with van der Waals surface area (Å²) < 4.78 is 0. The van der Waals surface area contributed by atoms with Crippen molar-refractivity contribution < 1.29 is 0 Å². The van der Waals surface area contributed by atoms with Gasteiger partial charge in [-0.3, -0.25) is 0 Å². The second-order valence-corrected chi connectivity index (χ2v) is 11.2. The van der Waals surface area contributed by atoms with E-state index in [1.807, 2.05) is 0 Å². The van der Waals surface area contributed by atoms with Gasteiger partial charge in [0, 0.05) is 0 Å². The molecule has 134 valence electrons. The molecule has 0 N–H and O–H groups in total. The van der Waals surface area contributed by atoms with Crippen LogP contribution in [0.1, 0.15) is 120 Å². The van der Waals surface area contributed by atoms with E-state index in [1.54, 1.807) is 0 Å². The van der Waals surface area contributed by atoms with E-state index in [0.717, 1.165) is 5.92 Å². The molecule has 0 unspecified atom stereocenters. The highest BCUT2D eigenvalue weighted by molar-refractivity contribution is 4.69. The van der Waals surface area contributed by atoms with Gasteiger partial charge in [-0.15, -0.1) is 0 Å². The summed E-state index contributed by atoms with van der Waals surface area (Å²) >= 11 is 0. The van der Waals surface area contributed by atoms with Gasteiger partial charge >= 0.3 is 0 Å². The highest BCUT2D eigenvalue weighted by Gasteiger charge is 2.17. The third-order valence-corrected chi connectivity index (χ3v) is 4.62. The van der Waals surface area contributed by atoms with Crippen LogP contribution in [0.25, 0.3) is 0 Å². The highest BCUT2D eigenvalue weighted by Crippen LogP contribution is 2.31. The molecule has 0 aliphatic rings. The molecule has 0 saturated heterocycles. The molecule has 0 fully saturated rings. The lowest BCUT2D eigenvalue weighted by Crippen LogP contribution is -2.11. The number of hydrogen-bond acceptors (Lipinski definition) is 0. The van der Waals surface area contributed by atoms with Crippen LogP contribution in [0.5, 0.6) is 0 Å². The third kappa shape index (κ3) is 16.4. The van der Waals surface area contributed by atoms with E-state index >= 15 is 0 Å². The monoisotopic (exact) mass is 310 g/mol. The Morgan fingerprint density at radius 2 is 0.682 bits per heavy atom. The van der Waals surface area contributed by atoms with E-state index in [9.17, 15) is 0 Å². The van der Waals surface area contributed by atoms with Crippen LogP contribution in [-0.4, -0.2) is 0 Å². The number of hydrogen-bond donors (Lipinski definition) is 0. The zero-order chi connectivity index (χ0) is 17.4. The summed E-state index contributed by atoms with van der Waals surface area (Å²) in [4.78, 5) is 0. The molecule has 0 aliphatic heterocycles. The second kappa shape index (κ2) is 9.33.